The lowest BCUT2D eigenvalue weighted by atomic mass is 10.0. The molecule has 108 valence electrons. The predicted molar refractivity (Wildman–Crippen MR) is 77.5 cm³/mol. The molecule has 0 bridgehead atoms. The van der Waals surface area contributed by atoms with E-state index in [-0.39, 0.29) is 22.6 Å². The maximum Gasteiger partial charge on any atom is 0.337 e. The monoisotopic (exact) mass is 286 g/mol. The van der Waals surface area contributed by atoms with Gasteiger partial charge in [-0.1, -0.05) is 12.1 Å². The molecule has 0 aliphatic heterocycles. The smallest absolute Gasteiger partial charge is 0.337 e. The van der Waals surface area contributed by atoms with Crippen molar-refractivity contribution in [1.29, 1.82) is 0 Å². The Labute approximate surface area is 120 Å². The van der Waals surface area contributed by atoms with Crippen molar-refractivity contribution in [2.24, 2.45) is 0 Å². The number of carbonyl (C=O) groups is 2. The van der Waals surface area contributed by atoms with E-state index >= 15 is 0 Å². The first-order valence-corrected chi connectivity index (χ1v) is 6.18. The van der Waals surface area contributed by atoms with Gasteiger partial charge in [-0.25, -0.2) is 4.79 Å². The number of rotatable bonds is 3. The summed E-state index contributed by atoms with van der Waals surface area (Å²) in [5.74, 6) is -1.26. The summed E-state index contributed by atoms with van der Waals surface area (Å²) < 4.78 is 0. The van der Waals surface area contributed by atoms with Crippen LogP contribution in [0, 0.1) is 0 Å². The first-order chi connectivity index (χ1) is 9.90. The molecular formula is C15H14N2O4. The molecular weight excluding hydrogens is 272 g/mol. The number of amides is 1. The van der Waals surface area contributed by atoms with Gasteiger partial charge in [-0.15, -0.1) is 0 Å². The molecule has 0 radical (unpaired) electrons. The quantitative estimate of drug-likeness (QED) is 0.893. The highest BCUT2D eigenvalue weighted by Gasteiger charge is 2.11. The largest absolute Gasteiger partial charge is 0.478 e. The molecule has 21 heavy (non-hydrogen) atoms. The van der Waals surface area contributed by atoms with Crippen LogP contribution in [0.15, 0.2) is 41.3 Å². The number of aromatic amines is 1. The number of aromatic carboxylic acids is 1. The normalized spacial score (nSPS) is 10.2. The third-order valence-electron chi connectivity index (χ3n) is 3.00. The van der Waals surface area contributed by atoms with Crippen molar-refractivity contribution >= 4 is 11.9 Å². The van der Waals surface area contributed by atoms with Gasteiger partial charge in [0.15, 0.2) is 0 Å². The Morgan fingerprint density at radius 2 is 1.71 bits per heavy atom. The summed E-state index contributed by atoms with van der Waals surface area (Å²) in [5.41, 5.74) is 0.910. The number of carboxylic acid groups (broad SMARTS) is 1. The van der Waals surface area contributed by atoms with Gasteiger partial charge in [0.05, 0.1) is 5.56 Å². The van der Waals surface area contributed by atoms with Gasteiger partial charge in [0.1, 0.15) is 0 Å². The molecule has 0 fully saturated rings. The summed E-state index contributed by atoms with van der Waals surface area (Å²) in [6.07, 6.45) is 1.15. The lowest BCUT2D eigenvalue weighted by Crippen LogP contribution is -2.21. The number of pyridine rings is 1. The first kappa shape index (κ1) is 14.5. The molecule has 1 amide bonds. The zero-order valence-electron chi connectivity index (χ0n) is 11.6. The number of benzene rings is 1. The van der Waals surface area contributed by atoms with Crippen LogP contribution in [0.5, 0.6) is 0 Å². The van der Waals surface area contributed by atoms with Gasteiger partial charge < -0.3 is 15.0 Å². The number of aromatic nitrogens is 1. The maximum atomic E-state index is 11.8. The molecule has 2 aromatic rings. The average molecular weight is 286 g/mol. The average Bonchev–Trinajstić information content (AvgIpc) is 2.47. The van der Waals surface area contributed by atoms with Gasteiger partial charge in [-0.3, -0.25) is 9.59 Å². The minimum Gasteiger partial charge on any atom is -0.478 e. The predicted octanol–water partition coefficient (Wildman–Crippen LogP) is 1.44. The summed E-state index contributed by atoms with van der Waals surface area (Å²) in [6, 6.07) is 7.75. The zero-order valence-corrected chi connectivity index (χ0v) is 11.6. The van der Waals surface area contributed by atoms with Crippen LogP contribution in [0.2, 0.25) is 0 Å². The van der Waals surface area contributed by atoms with E-state index in [4.69, 9.17) is 5.11 Å². The zero-order chi connectivity index (χ0) is 15.6. The van der Waals surface area contributed by atoms with Gasteiger partial charge in [0.25, 0.3) is 11.5 Å². The van der Waals surface area contributed by atoms with E-state index in [1.54, 1.807) is 38.4 Å². The number of hydrogen-bond donors (Lipinski definition) is 2. The van der Waals surface area contributed by atoms with Crippen molar-refractivity contribution in [3.63, 3.8) is 0 Å². The number of carboxylic acids is 1. The topological polar surface area (TPSA) is 90.5 Å². The van der Waals surface area contributed by atoms with E-state index < -0.39 is 5.97 Å². The lowest BCUT2D eigenvalue weighted by Gasteiger charge is -2.10. The van der Waals surface area contributed by atoms with Crippen LogP contribution in [0.3, 0.4) is 0 Å². The van der Waals surface area contributed by atoms with E-state index in [1.807, 2.05) is 0 Å². The molecule has 0 spiro atoms. The van der Waals surface area contributed by atoms with Crippen LogP contribution < -0.4 is 5.56 Å². The summed E-state index contributed by atoms with van der Waals surface area (Å²) in [5, 5.41) is 8.95. The Morgan fingerprint density at radius 1 is 1.10 bits per heavy atom. The molecule has 6 nitrogen and oxygen atoms in total. The third kappa shape index (κ3) is 3.00. The molecule has 0 unspecified atom stereocenters. The number of nitrogens with zero attached hydrogens (tertiary/aromatic N) is 1. The van der Waals surface area contributed by atoms with E-state index in [1.165, 1.54) is 11.0 Å². The standard InChI is InChI=1S/C15H14N2O4/c1-17(2)14(19)10-5-3-9(4-6-10)12-7-11(15(20)21)8-16-13(12)18/h3-8H,1-2H3,(H,16,18)(H,20,21). The minimum absolute atomic E-state index is 0.00181. The summed E-state index contributed by atoms with van der Waals surface area (Å²) in [4.78, 5) is 38.4. The minimum atomic E-state index is -1.12. The van der Waals surface area contributed by atoms with Crippen molar-refractivity contribution in [2.45, 2.75) is 0 Å². The van der Waals surface area contributed by atoms with Crippen molar-refractivity contribution in [2.75, 3.05) is 14.1 Å². The molecule has 0 aliphatic carbocycles. The van der Waals surface area contributed by atoms with E-state index in [0.717, 1.165) is 6.20 Å². The molecule has 2 rings (SSSR count). The molecule has 6 heteroatoms. The number of nitrogens with one attached hydrogen (secondary N) is 1. The van der Waals surface area contributed by atoms with Crippen molar-refractivity contribution in [1.82, 2.24) is 9.88 Å². The van der Waals surface area contributed by atoms with Crippen LogP contribution in [0.4, 0.5) is 0 Å². The maximum absolute atomic E-state index is 11.8. The van der Waals surface area contributed by atoms with Gasteiger partial charge in [0, 0.05) is 31.4 Å². The molecule has 0 saturated carbocycles. The van der Waals surface area contributed by atoms with Crippen molar-refractivity contribution in [3.05, 3.63) is 58.0 Å². The number of H-pyrrole nitrogens is 1. The molecule has 2 N–H and O–H groups in total. The Hall–Kier alpha value is -2.89. The fourth-order valence-electron chi connectivity index (χ4n) is 1.87. The van der Waals surface area contributed by atoms with Crippen molar-refractivity contribution < 1.29 is 14.7 Å². The highest BCUT2D eigenvalue weighted by molar-refractivity contribution is 5.94. The SMILES string of the molecule is CN(C)C(=O)c1ccc(-c2cc(C(=O)O)c[nH]c2=O)cc1. The lowest BCUT2D eigenvalue weighted by molar-refractivity contribution is 0.0696. The van der Waals surface area contributed by atoms with Gasteiger partial charge in [0.2, 0.25) is 0 Å². The second kappa shape index (κ2) is 5.62. The molecule has 0 saturated heterocycles. The fourth-order valence-corrected chi connectivity index (χ4v) is 1.87. The highest BCUT2D eigenvalue weighted by Crippen LogP contribution is 2.17. The van der Waals surface area contributed by atoms with Crippen molar-refractivity contribution in [3.8, 4) is 11.1 Å². The summed E-state index contributed by atoms with van der Waals surface area (Å²) in [7, 11) is 3.30. The second-order valence-electron chi connectivity index (χ2n) is 4.71. The Bertz CT molecular complexity index is 745. The number of hydrogen-bond acceptors (Lipinski definition) is 3. The second-order valence-corrected chi connectivity index (χ2v) is 4.71. The Morgan fingerprint density at radius 3 is 2.24 bits per heavy atom. The van der Waals surface area contributed by atoms with Crippen LogP contribution >= 0.6 is 0 Å². The Kier molecular flexibility index (Phi) is 3.89. The van der Waals surface area contributed by atoms with Crippen LogP contribution in [-0.4, -0.2) is 41.0 Å². The molecule has 0 aliphatic rings. The molecule has 1 aromatic heterocycles. The van der Waals surface area contributed by atoms with Crippen LogP contribution in [-0.2, 0) is 0 Å². The Balaban J connectivity index is 2.44. The van der Waals surface area contributed by atoms with E-state index in [0.29, 0.717) is 11.1 Å². The van der Waals surface area contributed by atoms with Gasteiger partial charge in [-0.2, -0.15) is 0 Å². The molecule has 0 atom stereocenters. The first-order valence-electron chi connectivity index (χ1n) is 6.18. The van der Waals surface area contributed by atoms with E-state index in [9.17, 15) is 14.4 Å². The van der Waals surface area contributed by atoms with Crippen LogP contribution in [0.1, 0.15) is 20.7 Å². The summed E-state index contributed by atoms with van der Waals surface area (Å²) in [6.45, 7) is 0. The molecule has 1 aromatic carbocycles. The molecule has 1 heterocycles. The third-order valence-corrected chi connectivity index (χ3v) is 3.00. The van der Waals surface area contributed by atoms with Gasteiger partial charge >= 0.3 is 5.97 Å². The fraction of sp³-hybridized carbons (Fsp3) is 0.133. The van der Waals surface area contributed by atoms with Crippen LogP contribution in [0.25, 0.3) is 11.1 Å². The number of carbonyl (C=O) groups excluding carboxylic acids is 1. The van der Waals surface area contributed by atoms with E-state index in [2.05, 4.69) is 4.98 Å². The summed E-state index contributed by atoms with van der Waals surface area (Å²) >= 11 is 0. The van der Waals surface area contributed by atoms with Gasteiger partial charge in [-0.05, 0) is 23.8 Å². The highest BCUT2D eigenvalue weighted by atomic mass is 16.4.